The van der Waals surface area contributed by atoms with Crippen LogP contribution in [0.2, 0.25) is 5.02 Å². The van der Waals surface area contributed by atoms with Gasteiger partial charge in [0.15, 0.2) is 0 Å². The Bertz CT molecular complexity index is 1060. The van der Waals surface area contributed by atoms with Gasteiger partial charge in [0.25, 0.3) is 11.8 Å². The predicted octanol–water partition coefficient (Wildman–Crippen LogP) is 4.11. The van der Waals surface area contributed by atoms with Crippen molar-refractivity contribution in [1.29, 1.82) is 5.26 Å². The summed E-state index contributed by atoms with van der Waals surface area (Å²) in [5.41, 5.74) is 1.48. The number of rotatable bonds is 4. The smallest absolute Gasteiger partial charge is 0.274 e. The first-order chi connectivity index (χ1) is 13.1. The summed E-state index contributed by atoms with van der Waals surface area (Å²) in [5, 5.41) is 14.8. The van der Waals surface area contributed by atoms with Crippen molar-refractivity contribution in [3.63, 3.8) is 0 Å². The Morgan fingerprint density at radius 1 is 0.926 bits per heavy atom. The van der Waals surface area contributed by atoms with Gasteiger partial charge >= 0.3 is 0 Å². The topological polar surface area (TPSA) is 94.9 Å². The summed E-state index contributed by atoms with van der Waals surface area (Å²) < 4.78 is 0. The summed E-state index contributed by atoms with van der Waals surface area (Å²) in [4.78, 5) is 28.9. The van der Waals surface area contributed by atoms with Gasteiger partial charge in [-0.2, -0.15) is 5.26 Å². The SMILES string of the molecule is N#Cc1ccccc1NC(=O)c1cc(C(=O)Nc2ccccc2Cl)ccn1. The van der Waals surface area contributed by atoms with Crippen LogP contribution in [0.3, 0.4) is 0 Å². The molecule has 2 N–H and O–H groups in total. The molecule has 0 fully saturated rings. The molecule has 1 heterocycles. The summed E-state index contributed by atoms with van der Waals surface area (Å²) in [5.74, 6) is -0.943. The van der Waals surface area contributed by atoms with Crippen molar-refractivity contribution in [3.8, 4) is 6.07 Å². The molecule has 27 heavy (non-hydrogen) atoms. The van der Waals surface area contributed by atoms with E-state index in [-0.39, 0.29) is 11.3 Å². The number of carbonyl (C=O) groups excluding carboxylic acids is 2. The van der Waals surface area contributed by atoms with Crippen LogP contribution in [0.15, 0.2) is 66.9 Å². The number of nitriles is 1. The van der Waals surface area contributed by atoms with Crippen LogP contribution in [-0.4, -0.2) is 16.8 Å². The molecule has 0 unspecified atom stereocenters. The van der Waals surface area contributed by atoms with Gasteiger partial charge in [-0.3, -0.25) is 14.6 Å². The third kappa shape index (κ3) is 4.29. The Morgan fingerprint density at radius 2 is 1.59 bits per heavy atom. The molecular formula is C20H13ClN4O2. The summed E-state index contributed by atoms with van der Waals surface area (Å²) in [6.07, 6.45) is 1.37. The number of nitrogens with zero attached hydrogens (tertiary/aromatic N) is 2. The highest BCUT2D eigenvalue weighted by atomic mass is 35.5. The molecule has 7 heteroatoms. The van der Waals surface area contributed by atoms with Gasteiger partial charge in [0.1, 0.15) is 11.8 Å². The molecule has 0 aliphatic carbocycles. The molecule has 0 radical (unpaired) electrons. The summed E-state index contributed by atoms with van der Waals surface area (Å²) >= 11 is 6.04. The van der Waals surface area contributed by atoms with E-state index in [1.165, 1.54) is 18.3 Å². The van der Waals surface area contributed by atoms with E-state index in [0.717, 1.165) is 0 Å². The van der Waals surface area contributed by atoms with Gasteiger partial charge in [-0.15, -0.1) is 0 Å². The highest BCUT2D eigenvalue weighted by Crippen LogP contribution is 2.21. The predicted molar refractivity (Wildman–Crippen MR) is 103 cm³/mol. The normalized spacial score (nSPS) is 9.93. The molecule has 132 valence electrons. The van der Waals surface area contributed by atoms with Crippen molar-refractivity contribution < 1.29 is 9.59 Å². The van der Waals surface area contributed by atoms with Gasteiger partial charge in [0.2, 0.25) is 0 Å². The number of anilines is 2. The maximum Gasteiger partial charge on any atom is 0.274 e. The van der Waals surface area contributed by atoms with Crippen LogP contribution >= 0.6 is 11.6 Å². The van der Waals surface area contributed by atoms with Crippen molar-refractivity contribution in [2.45, 2.75) is 0 Å². The number of hydrogen-bond donors (Lipinski definition) is 2. The number of nitrogens with one attached hydrogen (secondary N) is 2. The molecule has 0 aliphatic rings. The number of carbonyl (C=O) groups is 2. The maximum atomic E-state index is 12.4. The highest BCUT2D eigenvalue weighted by Gasteiger charge is 2.14. The first-order valence-electron chi connectivity index (χ1n) is 7.91. The third-order valence-electron chi connectivity index (χ3n) is 3.67. The molecule has 6 nitrogen and oxygen atoms in total. The zero-order valence-electron chi connectivity index (χ0n) is 13.9. The molecular weight excluding hydrogens is 364 g/mol. The molecule has 0 saturated carbocycles. The monoisotopic (exact) mass is 376 g/mol. The van der Waals surface area contributed by atoms with E-state index < -0.39 is 11.8 Å². The van der Waals surface area contributed by atoms with E-state index in [4.69, 9.17) is 16.9 Å². The number of hydrogen-bond acceptors (Lipinski definition) is 4. The lowest BCUT2D eigenvalue weighted by atomic mass is 10.1. The van der Waals surface area contributed by atoms with Gasteiger partial charge in [-0.05, 0) is 36.4 Å². The Balaban J connectivity index is 1.79. The number of pyridine rings is 1. The van der Waals surface area contributed by atoms with Gasteiger partial charge in [0.05, 0.1) is 22.0 Å². The fraction of sp³-hybridized carbons (Fsp3) is 0. The van der Waals surface area contributed by atoms with Crippen LogP contribution in [0, 0.1) is 11.3 Å². The van der Waals surface area contributed by atoms with Gasteiger partial charge in [-0.25, -0.2) is 0 Å². The largest absolute Gasteiger partial charge is 0.321 e. The minimum atomic E-state index is -0.523. The second-order valence-corrected chi connectivity index (χ2v) is 5.88. The highest BCUT2D eigenvalue weighted by molar-refractivity contribution is 6.33. The third-order valence-corrected chi connectivity index (χ3v) is 4.00. The lowest BCUT2D eigenvalue weighted by molar-refractivity contribution is 0.102. The van der Waals surface area contributed by atoms with Crippen molar-refractivity contribution in [3.05, 3.63) is 88.7 Å². The number of halogens is 1. The summed E-state index contributed by atoms with van der Waals surface area (Å²) in [6, 6.07) is 18.3. The van der Waals surface area contributed by atoms with Crippen LogP contribution in [0.1, 0.15) is 26.4 Å². The number of para-hydroxylation sites is 2. The van der Waals surface area contributed by atoms with Crippen LogP contribution in [0.4, 0.5) is 11.4 Å². The minimum absolute atomic E-state index is 0.0505. The van der Waals surface area contributed by atoms with Crippen molar-refractivity contribution in [1.82, 2.24) is 4.98 Å². The van der Waals surface area contributed by atoms with E-state index in [1.54, 1.807) is 48.5 Å². The Kier molecular flexibility index (Phi) is 5.45. The fourth-order valence-corrected chi connectivity index (χ4v) is 2.51. The second kappa shape index (κ2) is 8.13. The molecule has 0 saturated heterocycles. The summed E-state index contributed by atoms with van der Waals surface area (Å²) in [7, 11) is 0. The minimum Gasteiger partial charge on any atom is -0.321 e. The van der Waals surface area contributed by atoms with E-state index in [9.17, 15) is 9.59 Å². The molecule has 0 bridgehead atoms. The van der Waals surface area contributed by atoms with E-state index in [0.29, 0.717) is 22.0 Å². The molecule has 2 amide bonds. The molecule has 3 rings (SSSR count). The van der Waals surface area contributed by atoms with E-state index in [1.807, 2.05) is 6.07 Å². The molecule has 0 aliphatic heterocycles. The zero-order chi connectivity index (χ0) is 19.2. The average Bonchev–Trinajstić information content (AvgIpc) is 2.70. The molecule has 2 aromatic carbocycles. The maximum absolute atomic E-state index is 12.4. The Hall–Kier alpha value is -3.69. The van der Waals surface area contributed by atoms with Crippen LogP contribution < -0.4 is 10.6 Å². The second-order valence-electron chi connectivity index (χ2n) is 5.48. The zero-order valence-corrected chi connectivity index (χ0v) is 14.7. The fourth-order valence-electron chi connectivity index (χ4n) is 2.33. The van der Waals surface area contributed by atoms with Crippen LogP contribution in [-0.2, 0) is 0 Å². The molecule has 0 atom stereocenters. The molecule has 3 aromatic rings. The lowest BCUT2D eigenvalue weighted by Gasteiger charge is -2.09. The van der Waals surface area contributed by atoms with Gasteiger partial charge in [-0.1, -0.05) is 35.9 Å². The Morgan fingerprint density at radius 3 is 2.33 bits per heavy atom. The average molecular weight is 377 g/mol. The number of aromatic nitrogens is 1. The van der Waals surface area contributed by atoms with Crippen LogP contribution in [0.25, 0.3) is 0 Å². The first kappa shape index (κ1) is 18.1. The van der Waals surface area contributed by atoms with Crippen molar-refractivity contribution in [2.75, 3.05) is 10.6 Å². The standard InChI is InChI=1S/C20H13ClN4O2/c21-15-6-2-4-8-17(15)25-19(26)13-9-10-23-18(11-13)20(27)24-16-7-3-1-5-14(16)12-22/h1-11H,(H,24,27)(H,25,26). The number of amides is 2. The molecule has 1 aromatic heterocycles. The van der Waals surface area contributed by atoms with Crippen molar-refractivity contribution in [2.24, 2.45) is 0 Å². The molecule has 0 spiro atoms. The van der Waals surface area contributed by atoms with E-state index in [2.05, 4.69) is 15.6 Å². The van der Waals surface area contributed by atoms with Gasteiger partial charge in [0, 0.05) is 11.8 Å². The number of benzene rings is 2. The van der Waals surface area contributed by atoms with Gasteiger partial charge < -0.3 is 10.6 Å². The lowest BCUT2D eigenvalue weighted by Crippen LogP contribution is -2.17. The quantitative estimate of drug-likeness (QED) is 0.716. The first-order valence-corrected chi connectivity index (χ1v) is 8.28. The Labute approximate surface area is 160 Å². The van der Waals surface area contributed by atoms with E-state index >= 15 is 0 Å². The summed E-state index contributed by atoms with van der Waals surface area (Å²) in [6.45, 7) is 0. The van der Waals surface area contributed by atoms with Crippen molar-refractivity contribution >= 4 is 34.8 Å². The van der Waals surface area contributed by atoms with Crippen LogP contribution in [0.5, 0.6) is 0 Å².